The average molecular weight is 269 g/mol. The zero-order chi connectivity index (χ0) is 13.5. The maximum Gasteiger partial charge on any atom is 0.338 e. The van der Waals surface area contributed by atoms with Crippen LogP contribution in [0.15, 0.2) is 23.1 Å². The number of carbonyl (C=O) groups is 1. The van der Waals surface area contributed by atoms with Gasteiger partial charge in [-0.1, -0.05) is 13.0 Å². The average Bonchev–Trinajstić information content (AvgIpc) is 2.29. The Kier molecular flexibility index (Phi) is 6.01. The molecule has 0 saturated heterocycles. The van der Waals surface area contributed by atoms with Crippen molar-refractivity contribution in [2.24, 2.45) is 0 Å². The Balaban J connectivity index is 3.02. The Morgan fingerprint density at radius 1 is 1.50 bits per heavy atom. The summed E-state index contributed by atoms with van der Waals surface area (Å²) in [4.78, 5) is 12.1. The third kappa shape index (κ3) is 3.92. The van der Waals surface area contributed by atoms with Crippen molar-refractivity contribution in [2.75, 3.05) is 17.7 Å². The lowest BCUT2D eigenvalue weighted by Gasteiger charge is -2.17. The largest absolute Gasteiger partial charge is 0.478 e. The number of carboxylic acid groups (broad SMARTS) is 1. The minimum Gasteiger partial charge on any atom is -0.478 e. The second-order valence-electron chi connectivity index (χ2n) is 3.97. The van der Waals surface area contributed by atoms with Crippen molar-refractivity contribution in [2.45, 2.75) is 31.2 Å². The summed E-state index contributed by atoms with van der Waals surface area (Å²) in [6, 6.07) is 5.46. The summed E-state index contributed by atoms with van der Waals surface area (Å²) < 4.78 is 0. The summed E-state index contributed by atoms with van der Waals surface area (Å²) in [6.45, 7) is 3.99. The van der Waals surface area contributed by atoms with Crippen LogP contribution in [0.1, 0.15) is 30.6 Å². The van der Waals surface area contributed by atoms with Gasteiger partial charge in [0.1, 0.15) is 0 Å². The van der Waals surface area contributed by atoms with Gasteiger partial charge in [0.2, 0.25) is 0 Å². The first kappa shape index (κ1) is 14.9. The number of benzene rings is 1. The molecule has 1 atom stereocenters. The van der Waals surface area contributed by atoms with Gasteiger partial charge in [0.05, 0.1) is 11.3 Å². The van der Waals surface area contributed by atoms with Gasteiger partial charge in [0, 0.05) is 17.5 Å². The Hall–Kier alpha value is -1.20. The molecule has 18 heavy (non-hydrogen) atoms. The molecule has 0 heterocycles. The number of rotatable bonds is 7. The molecule has 0 bridgehead atoms. The molecule has 0 aliphatic heterocycles. The highest BCUT2D eigenvalue weighted by atomic mass is 32.2. The number of hydrogen-bond donors (Lipinski definition) is 3. The Morgan fingerprint density at radius 2 is 2.22 bits per heavy atom. The third-order valence-corrected chi connectivity index (χ3v) is 3.44. The molecule has 0 aliphatic carbocycles. The summed E-state index contributed by atoms with van der Waals surface area (Å²) >= 11 is 1.51. The molecule has 0 amide bonds. The summed E-state index contributed by atoms with van der Waals surface area (Å²) in [5, 5.41) is 21.3. The maximum atomic E-state index is 11.4. The number of hydrogen-bond acceptors (Lipinski definition) is 4. The van der Waals surface area contributed by atoms with E-state index < -0.39 is 5.97 Å². The van der Waals surface area contributed by atoms with E-state index in [2.05, 4.69) is 5.32 Å². The smallest absolute Gasteiger partial charge is 0.338 e. The Bertz CT molecular complexity index is 409. The molecule has 0 aliphatic rings. The summed E-state index contributed by atoms with van der Waals surface area (Å²) in [7, 11) is 0. The molecular formula is C13H19NO3S. The van der Waals surface area contributed by atoms with Crippen molar-refractivity contribution in [1.82, 2.24) is 0 Å². The lowest BCUT2D eigenvalue weighted by atomic mass is 10.1. The fraction of sp³-hybridized carbons (Fsp3) is 0.462. The van der Waals surface area contributed by atoms with Gasteiger partial charge in [-0.05, 0) is 31.2 Å². The second-order valence-corrected chi connectivity index (χ2v) is 5.28. The Labute approximate surface area is 111 Å². The van der Waals surface area contributed by atoms with E-state index in [0.717, 1.165) is 10.6 Å². The highest BCUT2D eigenvalue weighted by molar-refractivity contribution is 7.99. The van der Waals surface area contributed by atoms with Gasteiger partial charge >= 0.3 is 5.97 Å². The molecular weight excluding hydrogens is 250 g/mol. The van der Waals surface area contributed by atoms with Crippen LogP contribution in [-0.4, -0.2) is 34.6 Å². The van der Waals surface area contributed by atoms with Gasteiger partial charge in [-0.3, -0.25) is 0 Å². The van der Waals surface area contributed by atoms with Crippen LogP contribution in [0, 0.1) is 0 Å². The molecule has 4 nitrogen and oxygen atoms in total. The van der Waals surface area contributed by atoms with Crippen LogP contribution in [-0.2, 0) is 0 Å². The van der Waals surface area contributed by atoms with Crippen molar-refractivity contribution < 1.29 is 15.0 Å². The topological polar surface area (TPSA) is 69.6 Å². The molecule has 1 unspecified atom stereocenters. The molecule has 0 fully saturated rings. The van der Waals surface area contributed by atoms with Crippen LogP contribution in [0.2, 0.25) is 0 Å². The molecule has 0 spiro atoms. The van der Waals surface area contributed by atoms with Crippen LogP contribution in [0.5, 0.6) is 0 Å². The predicted molar refractivity (Wildman–Crippen MR) is 74.6 cm³/mol. The SMILES string of the molecule is CCSc1cccc(NC(C)CCO)c1C(=O)O. The number of nitrogens with one attached hydrogen (secondary N) is 1. The first-order valence-corrected chi connectivity index (χ1v) is 6.95. The lowest BCUT2D eigenvalue weighted by molar-refractivity contribution is 0.0694. The molecule has 100 valence electrons. The molecule has 5 heteroatoms. The van der Waals surface area contributed by atoms with Crippen LogP contribution >= 0.6 is 11.8 Å². The fourth-order valence-corrected chi connectivity index (χ4v) is 2.51. The van der Waals surface area contributed by atoms with E-state index in [0.29, 0.717) is 17.7 Å². The highest BCUT2D eigenvalue weighted by Crippen LogP contribution is 2.29. The van der Waals surface area contributed by atoms with Crippen molar-refractivity contribution >= 4 is 23.4 Å². The van der Waals surface area contributed by atoms with Crippen LogP contribution in [0.3, 0.4) is 0 Å². The predicted octanol–water partition coefficient (Wildman–Crippen LogP) is 2.68. The normalized spacial score (nSPS) is 12.2. The minimum absolute atomic E-state index is 0.0370. The second kappa shape index (κ2) is 7.28. The van der Waals surface area contributed by atoms with Crippen LogP contribution in [0.4, 0.5) is 5.69 Å². The lowest BCUT2D eigenvalue weighted by Crippen LogP contribution is -2.19. The summed E-state index contributed by atoms with van der Waals surface area (Å²) in [5.41, 5.74) is 0.927. The van der Waals surface area contributed by atoms with E-state index in [1.165, 1.54) is 11.8 Å². The van der Waals surface area contributed by atoms with Gasteiger partial charge in [-0.25, -0.2) is 4.79 Å². The van der Waals surface area contributed by atoms with Crippen LogP contribution < -0.4 is 5.32 Å². The van der Waals surface area contributed by atoms with E-state index in [-0.39, 0.29) is 12.6 Å². The quantitative estimate of drug-likeness (QED) is 0.664. The van der Waals surface area contributed by atoms with Crippen molar-refractivity contribution in [3.8, 4) is 0 Å². The number of thioether (sulfide) groups is 1. The zero-order valence-corrected chi connectivity index (χ0v) is 11.5. The number of anilines is 1. The number of aromatic carboxylic acids is 1. The van der Waals surface area contributed by atoms with E-state index in [9.17, 15) is 9.90 Å². The Morgan fingerprint density at radius 3 is 2.78 bits per heavy atom. The molecule has 1 rings (SSSR count). The monoisotopic (exact) mass is 269 g/mol. The van der Waals surface area contributed by atoms with E-state index in [1.807, 2.05) is 26.0 Å². The maximum absolute atomic E-state index is 11.4. The van der Waals surface area contributed by atoms with Crippen molar-refractivity contribution in [3.05, 3.63) is 23.8 Å². The minimum atomic E-state index is -0.926. The van der Waals surface area contributed by atoms with E-state index >= 15 is 0 Å². The van der Waals surface area contributed by atoms with Crippen molar-refractivity contribution in [1.29, 1.82) is 0 Å². The number of aliphatic hydroxyl groups is 1. The fourth-order valence-electron chi connectivity index (χ4n) is 1.68. The van der Waals surface area contributed by atoms with Gasteiger partial charge in [-0.15, -0.1) is 11.8 Å². The molecule has 0 saturated carbocycles. The molecule has 0 radical (unpaired) electrons. The number of aliphatic hydroxyl groups excluding tert-OH is 1. The first-order chi connectivity index (χ1) is 8.60. The molecule has 3 N–H and O–H groups in total. The van der Waals surface area contributed by atoms with E-state index in [4.69, 9.17) is 5.11 Å². The standard InChI is InChI=1S/C13H19NO3S/c1-3-18-11-6-4-5-10(12(11)13(16)17)14-9(2)7-8-15/h4-6,9,14-15H,3,7-8H2,1-2H3,(H,16,17). The first-order valence-electron chi connectivity index (χ1n) is 5.96. The molecule has 1 aromatic rings. The molecule has 1 aromatic carbocycles. The van der Waals surface area contributed by atoms with Gasteiger partial charge < -0.3 is 15.5 Å². The van der Waals surface area contributed by atoms with Crippen molar-refractivity contribution in [3.63, 3.8) is 0 Å². The summed E-state index contributed by atoms with van der Waals surface area (Å²) in [5.74, 6) is -0.0964. The zero-order valence-electron chi connectivity index (χ0n) is 10.6. The van der Waals surface area contributed by atoms with Gasteiger partial charge in [-0.2, -0.15) is 0 Å². The highest BCUT2D eigenvalue weighted by Gasteiger charge is 2.16. The van der Waals surface area contributed by atoms with E-state index in [1.54, 1.807) is 6.07 Å². The van der Waals surface area contributed by atoms with Crippen LogP contribution in [0.25, 0.3) is 0 Å². The summed E-state index contributed by atoms with van der Waals surface area (Å²) in [6.07, 6.45) is 0.588. The van der Waals surface area contributed by atoms with Gasteiger partial charge in [0.25, 0.3) is 0 Å². The number of carboxylic acids is 1. The van der Waals surface area contributed by atoms with Gasteiger partial charge in [0.15, 0.2) is 0 Å². The third-order valence-electron chi connectivity index (χ3n) is 2.50. The molecule has 0 aromatic heterocycles.